The lowest BCUT2D eigenvalue weighted by Crippen LogP contribution is -2.21. The zero-order chi connectivity index (χ0) is 11.9. The van der Waals surface area contributed by atoms with Crippen LogP contribution in [-0.2, 0) is 22.7 Å². The van der Waals surface area contributed by atoms with Crippen molar-refractivity contribution in [2.75, 3.05) is 7.11 Å². The lowest BCUT2D eigenvalue weighted by atomic mass is 10.1. The third kappa shape index (κ3) is 4.11. The van der Waals surface area contributed by atoms with Gasteiger partial charge >= 0.3 is 0 Å². The Morgan fingerprint density at radius 1 is 1.12 bits per heavy atom. The second-order valence-electron chi connectivity index (χ2n) is 4.59. The smallest absolute Gasteiger partial charge is 0.0790 e. The molecule has 0 aromatic heterocycles. The summed E-state index contributed by atoms with van der Waals surface area (Å²) in [7, 11) is 1.71. The molecule has 1 aromatic carbocycles. The molecule has 0 spiro atoms. The second kappa shape index (κ2) is 6.74. The number of benzene rings is 1. The van der Waals surface area contributed by atoms with Crippen LogP contribution in [0.5, 0.6) is 0 Å². The molecule has 0 saturated heterocycles. The van der Waals surface area contributed by atoms with Gasteiger partial charge in [0, 0.05) is 13.7 Å². The summed E-state index contributed by atoms with van der Waals surface area (Å²) in [4.78, 5) is 5.61. The molecular formula is C14H21NO2. The maximum Gasteiger partial charge on any atom is 0.0790 e. The first kappa shape index (κ1) is 12.6. The van der Waals surface area contributed by atoms with Crippen molar-refractivity contribution in [1.29, 1.82) is 0 Å². The number of rotatable bonds is 6. The minimum atomic E-state index is 0.419. The van der Waals surface area contributed by atoms with E-state index in [1.807, 2.05) is 0 Å². The maximum absolute atomic E-state index is 5.61. The van der Waals surface area contributed by atoms with Gasteiger partial charge < -0.3 is 4.74 Å². The molecule has 1 saturated carbocycles. The van der Waals surface area contributed by atoms with E-state index in [-0.39, 0.29) is 0 Å². The van der Waals surface area contributed by atoms with Crippen LogP contribution in [0.1, 0.15) is 36.8 Å². The van der Waals surface area contributed by atoms with Gasteiger partial charge in [-0.2, -0.15) is 5.48 Å². The minimum Gasteiger partial charge on any atom is -0.380 e. The largest absolute Gasteiger partial charge is 0.380 e. The molecule has 0 atom stereocenters. The lowest BCUT2D eigenvalue weighted by molar-refractivity contribution is -0.0244. The Kier molecular flexibility index (Phi) is 4.98. The fourth-order valence-corrected chi connectivity index (χ4v) is 2.17. The van der Waals surface area contributed by atoms with E-state index in [4.69, 9.17) is 9.57 Å². The topological polar surface area (TPSA) is 30.5 Å². The molecule has 2 rings (SSSR count). The predicted octanol–water partition coefficient (Wildman–Crippen LogP) is 2.80. The second-order valence-corrected chi connectivity index (χ2v) is 4.59. The fraction of sp³-hybridized carbons (Fsp3) is 0.571. The molecule has 1 aliphatic rings. The molecule has 1 fully saturated rings. The Morgan fingerprint density at radius 3 is 2.41 bits per heavy atom. The van der Waals surface area contributed by atoms with Crippen molar-refractivity contribution in [1.82, 2.24) is 5.48 Å². The average molecular weight is 235 g/mol. The van der Waals surface area contributed by atoms with E-state index >= 15 is 0 Å². The molecule has 1 N–H and O–H groups in total. The molecule has 94 valence electrons. The van der Waals surface area contributed by atoms with Crippen LogP contribution < -0.4 is 5.48 Å². The van der Waals surface area contributed by atoms with Crippen molar-refractivity contribution >= 4 is 0 Å². The summed E-state index contributed by atoms with van der Waals surface area (Å²) in [6.07, 6.45) is 5.41. The third-order valence-electron chi connectivity index (χ3n) is 3.16. The molecule has 0 bridgehead atoms. The van der Waals surface area contributed by atoms with Gasteiger partial charge in [0.2, 0.25) is 0 Å². The van der Waals surface area contributed by atoms with Gasteiger partial charge in [-0.05, 0) is 24.0 Å². The first-order valence-corrected chi connectivity index (χ1v) is 6.34. The summed E-state index contributed by atoms with van der Waals surface area (Å²) in [6.45, 7) is 1.44. The zero-order valence-electron chi connectivity index (χ0n) is 10.4. The van der Waals surface area contributed by atoms with Gasteiger partial charge in [-0.3, -0.25) is 4.84 Å². The summed E-state index contributed by atoms with van der Waals surface area (Å²) in [5, 5.41) is 0. The number of hydroxylamine groups is 1. The van der Waals surface area contributed by atoms with Crippen LogP contribution in [0.15, 0.2) is 24.3 Å². The summed E-state index contributed by atoms with van der Waals surface area (Å²) in [5.74, 6) is 0. The van der Waals surface area contributed by atoms with Crippen molar-refractivity contribution < 1.29 is 9.57 Å². The molecule has 0 radical (unpaired) electrons. The van der Waals surface area contributed by atoms with Crippen LogP contribution in [0, 0.1) is 0 Å². The van der Waals surface area contributed by atoms with E-state index in [1.165, 1.54) is 36.8 Å². The average Bonchev–Trinajstić information content (AvgIpc) is 2.85. The first-order chi connectivity index (χ1) is 8.38. The summed E-state index contributed by atoms with van der Waals surface area (Å²) in [6, 6.07) is 8.41. The number of ether oxygens (including phenoxy) is 1. The molecule has 0 heterocycles. The highest BCUT2D eigenvalue weighted by Gasteiger charge is 2.15. The standard InChI is InChI=1S/C14H21NO2/c1-16-11-13-8-6-12(7-9-13)10-15-17-14-4-2-3-5-14/h6-9,14-15H,2-5,10-11H2,1H3. The molecular weight excluding hydrogens is 214 g/mol. The molecule has 0 unspecified atom stereocenters. The van der Waals surface area contributed by atoms with Crippen LogP contribution in [0.2, 0.25) is 0 Å². The van der Waals surface area contributed by atoms with Crippen LogP contribution in [0.3, 0.4) is 0 Å². The minimum absolute atomic E-state index is 0.419. The van der Waals surface area contributed by atoms with Crippen LogP contribution in [0.25, 0.3) is 0 Å². The van der Waals surface area contributed by atoms with Crippen molar-refractivity contribution in [2.24, 2.45) is 0 Å². The van der Waals surface area contributed by atoms with E-state index in [9.17, 15) is 0 Å². The monoisotopic (exact) mass is 235 g/mol. The molecule has 1 aromatic rings. The molecule has 3 nitrogen and oxygen atoms in total. The third-order valence-corrected chi connectivity index (χ3v) is 3.16. The van der Waals surface area contributed by atoms with Gasteiger partial charge in [0.25, 0.3) is 0 Å². The van der Waals surface area contributed by atoms with E-state index in [1.54, 1.807) is 7.11 Å². The molecule has 3 heteroatoms. The molecule has 0 aliphatic heterocycles. The first-order valence-electron chi connectivity index (χ1n) is 6.34. The Morgan fingerprint density at radius 2 is 1.76 bits per heavy atom. The number of hydrogen-bond donors (Lipinski definition) is 1. The summed E-state index contributed by atoms with van der Waals surface area (Å²) < 4.78 is 5.08. The van der Waals surface area contributed by atoms with Crippen molar-refractivity contribution in [3.63, 3.8) is 0 Å². The summed E-state index contributed by atoms with van der Waals surface area (Å²) >= 11 is 0. The number of methoxy groups -OCH3 is 1. The van der Waals surface area contributed by atoms with Gasteiger partial charge in [-0.25, -0.2) is 0 Å². The maximum atomic E-state index is 5.61. The highest BCUT2D eigenvalue weighted by Crippen LogP contribution is 2.19. The van der Waals surface area contributed by atoms with Gasteiger partial charge in [-0.1, -0.05) is 37.1 Å². The van der Waals surface area contributed by atoms with E-state index in [2.05, 4.69) is 29.7 Å². The molecule has 17 heavy (non-hydrogen) atoms. The van der Waals surface area contributed by atoms with Crippen molar-refractivity contribution in [3.8, 4) is 0 Å². The Hall–Kier alpha value is -0.900. The van der Waals surface area contributed by atoms with Crippen LogP contribution in [0.4, 0.5) is 0 Å². The lowest BCUT2D eigenvalue weighted by Gasteiger charge is -2.11. The molecule has 0 amide bonds. The SMILES string of the molecule is COCc1ccc(CNOC2CCCC2)cc1. The highest BCUT2D eigenvalue weighted by atomic mass is 16.7. The quantitative estimate of drug-likeness (QED) is 0.769. The van der Waals surface area contributed by atoms with Gasteiger partial charge in [-0.15, -0.1) is 0 Å². The Bertz CT molecular complexity index is 317. The van der Waals surface area contributed by atoms with Crippen molar-refractivity contribution in [3.05, 3.63) is 35.4 Å². The normalized spacial score (nSPS) is 16.5. The molecule has 1 aliphatic carbocycles. The summed E-state index contributed by atoms with van der Waals surface area (Å²) in [5.41, 5.74) is 5.50. The zero-order valence-corrected chi connectivity index (χ0v) is 10.4. The predicted molar refractivity (Wildman–Crippen MR) is 67.3 cm³/mol. The van der Waals surface area contributed by atoms with E-state index in [0.717, 1.165) is 6.54 Å². The van der Waals surface area contributed by atoms with E-state index in [0.29, 0.717) is 12.7 Å². The number of nitrogens with one attached hydrogen (secondary N) is 1. The Balaban J connectivity index is 1.70. The van der Waals surface area contributed by atoms with Gasteiger partial charge in [0.15, 0.2) is 0 Å². The van der Waals surface area contributed by atoms with Crippen LogP contribution >= 0.6 is 0 Å². The van der Waals surface area contributed by atoms with Crippen molar-refractivity contribution in [2.45, 2.75) is 44.9 Å². The number of hydrogen-bond acceptors (Lipinski definition) is 3. The van der Waals surface area contributed by atoms with E-state index < -0.39 is 0 Å². The van der Waals surface area contributed by atoms with Gasteiger partial charge in [0.1, 0.15) is 0 Å². The Labute approximate surface area is 103 Å². The van der Waals surface area contributed by atoms with Crippen LogP contribution in [-0.4, -0.2) is 13.2 Å². The van der Waals surface area contributed by atoms with Gasteiger partial charge in [0.05, 0.1) is 12.7 Å². The fourth-order valence-electron chi connectivity index (χ4n) is 2.17. The highest BCUT2D eigenvalue weighted by molar-refractivity contribution is 5.21.